The van der Waals surface area contributed by atoms with Gasteiger partial charge in [-0.05, 0) is 36.6 Å². The Morgan fingerprint density at radius 2 is 1.56 bits per heavy atom. The van der Waals surface area contributed by atoms with E-state index in [-0.39, 0.29) is 16.4 Å². The van der Waals surface area contributed by atoms with Crippen LogP contribution in [0.15, 0.2) is 47.4 Å². The van der Waals surface area contributed by atoms with Gasteiger partial charge >= 0.3 is 0 Å². The van der Waals surface area contributed by atoms with Crippen molar-refractivity contribution >= 4 is 10.1 Å². The van der Waals surface area contributed by atoms with Crippen molar-refractivity contribution in [1.82, 2.24) is 0 Å². The highest BCUT2D eigenvalue weighted by Crippen LogP contribution is 2.36. The number of hydrogen-bond donors (Lipinski definition) is 2. The van der Waals surface area contributed by atoms with Crippen molar-refractivity contribution in [2.75, 3.05) is 0 Å². The minimum absolute atomic E-state index is 0.0679. The molecule has 0 unspecified atom stereocenters. The molecule has 27 heavy (non-hydrogen) atoms. The molecule has 0 aromatic heterocycles. The van der Waals surface area contributed by atoms with E-state index in [1.807, 2.05) is 6.07 Å². The highest BCUT2D eigenvalue weighted by atomic mass is 32.2. The normalized spacial score (nSPS) is 11.5. The molecule has 0 spiro atoms. The van der Waals surface area contributed by atoms with E-state index < -0.39 is 10.1 Å². The van der Waals surface area contributed by atoms with Gasteiger partial charge in [-0.2, -0.15) is 8.42 Å². The number of unbranched alkanes of at least 4 members (excludes halogenated alkanes) is 6. The molecule has 6 heteroatoms. The Labute approximate surface area is 161 Å². The molecule has 0 amide bonds. The number of ether oxygens (including phenoxy) is 1. The van der Waals surface area contributed by atoms with Crippen LogP contribution in [-0.4, -0.2) is 18.1 Å². The third-order valence-corrected chi connectivity index (χ3v) is 5.37. The molecule has 0 bridgehead atoms. The summed E-state index contributed by atoms with van der Waals surface area (Å²) in [7, 11) is -4.49. The number of phenolic OH excluding ortho intramolecular Hbond substituents is 1. The summed E-state index contributed by atoms with van der Waals surface area (Å²) in [5.74, 6) is 0.266. The summed E-state index contributed by atoms with van der Waals surface area (Å²) in [5.41, 5.74) is 0.372. The summed E-state index contributed by atoms with van der Waals surface area (Å²) >= 11 is 0. The summed E-state index contributed by atoms with van der Waals surface area (Å²) in [4.78, 5) is -0.268. The molecule has 0 saturated heterocycles. The molecule has 0 radical (unpaired) electrons. The maximum atomic E-state index is 12.0. The summed E-state index contributed by atoms with van der Waals surface area (Å²) in [6.07, 6.45) is 8.11. The van der Waals surface area contributed by atoms with Gasteiger partial charge in [-0.25, -0.2) is 0 Å². The number of hydrogen-bond acceptors (Lipinski definition) is 4. The Hall–Kier alpha value is -2.05. The molecule has 0 aliphatic rings. The molecule has 2 aromatic carbocycles. The van der Waals surface area contributed by atoms with Gasteiger partial charge in [0, 0.05) is 6.07 Å². The van der Waals surface area contributed by atoms with Crippen molar-refractivity contribution < 1.29 is 22.8 Å². The van der Waals surface area contributed by atoms with E-state index in [1.165, 1.54) is 37.8 Å². The molecule has 5 nitrogen and oxygen atoms in total. The van der Waals surface area contributed by atoms with Crippen molar-refractivity contribution in [3.05, 3.63) is 48.0 Å². The molecule has 0 aliphatic carbocycles. The lowest BCUT2D eigenvalue weighted by Crippen LogP contribution is -2.06. The average molecular weight is 393 g/mol. The minimum atomic E-state index is -4.49. The third kappa shape index (κ3) is 6.88. The predicted molar refractivity (Wildman–Crippen MR) is 106 cm³/mol. The van der Waals surface area contributed by atoms with Crippen molar-refractivity contribution in [3.8, 4) is 17.2 Å². The van der Waals surface area contributed by atoms with E-state index >= 15 is 0 Å². The summed E-state index contributed by atoms with van der Waals surface area (Å²) in [6.45, 7) is 2.17. The fraction of sp³-hybridized carbons (Fsp3) is 0.429. The molecule has 2 aromatic rings. The second-order valence-corrected chi connectivity index (χ2v) is 8.05. The van der Waals surface area contributed by atoms with Crippen LogP contribution in [0.1, 0.15) is 57.4 Å². The van der Waals surface area contributed by atoms with Crippen molar-refractivity contribution in [3.63, 3.8) is 0 Å². The first-order valence-electron chi connectivity index (χ1n) is 9.48. The highest BCUT2D eigenvalue weighted by molar-refractivity contribution is 7.86. The van der Waals surface area contributed by atoms with Gasteiger partial charge in [0.05, 0.1) is 0 Å². The highest BCUT2D eigenvalue weighted by Gasteiger charge is 2.23. The number of benzene rings is 2. The summed E-state index contributed by atoms with van der Waals surface area (Å²) in [6, 6.07) is 11.3. The fourth-order valence-corrected chi connectivity index (χ4v) is 3.93. The van der Waals surface area contributed by atoms with E-state index in [0.717, 1.165) is 19.3 Å². The maximum Gasteiger partial charge on any atom is 0.298 e. The quantitative estimate of drug-likeness (QED) is 0.377. The van der Waals surface area contributed by atoms with Crippen molar-refractivity contribution in [2.45, 2.75) is 63.2 Å². The zero-order chi connectivity index (χ0) is 19.7. The molecular formula is C21H28O5S. The van der Waals surface area contributed by atoms with E-state index in [2.05, 4.69) is 6.92 Å². The largest absolute Gasteiger partial charge is 0.508 e. The van der Waals surface area contributed by atoms with Gasteiger partial charge in [-0.3, -0.25) is 4.55 Å². The van der Waals surface area contributed by atoms with Crippen LogP contribution in [0.3, 0.4) is 0 Å². The van der Waals surface area contributed by atoms with E-state index in [4.69, 9.17) is 4.74 Å². The lowest BCUT2D eigenvalue weighted by atomic mass is 10.0. The van der Waals surface area contributed by atoms with Crippen molar-refractivity contribution in [1.29, 1.82) is 0 Å². The standard InChI is InChI=1S/C21H28O5S/c1-2-3-4-5-6-7-9-12-17-15-18(22)16-20(21(17)27(23,24)25)26-19-13-10-8-11-14-19/h8,10-11,13-16,22H,2-7,9,12H2,1H3,(H,23,24,25). The van der Waals surface area contributed by atoms with Crippen LogP contribution in [0, 0.1) is 0 Å². The summed E-state index contributed by atoms with van der Waals surface area (Å²) in [5, 5.41) is 10.0. The lowest BCUT2D eigenvalue weighted by Gasteiger charge is -2.14. The zero-order valence-corrected chi connectivity index (χ0v) is 16.5. The minimum Gasteiger partial charge on any atom is -0.508 e. The van der Waals surface area contributed by atoms with Gasteiger partial charge in [0.1, 0.15) is 16.4 Å². The van der Waals surface area contributed by atoms with Gasteiger partial charge in [-0.15, -0.1) is 0 Å². The SMILES string of the molecule is CCCCCCCCCc1cc(O)cc(Oc2ccccc2)c1S(=O)(=O)O. The van der Waals surface area contributed by atoms with Gasteiger partial charge in [0.25, 0.3) is 10.1 Å². The molecule has 148 valence electrons. The Balaban J connectivity index is 2.16. The molecule has 0 heterocycles. The van der Waals surface area contributed by atoms with Crippen molar-refractivity contribution in [2.24, 2.45) is 0 Å². The Bertz CT molecular complexity index is 816. The number of rotatable bonds is 11. The molecule has 2 N–H and O–H groups in total. The van der Waals surface area contributed by atoms with Gasteiger partial charge in [0.15, 0.2) is 5.75 Å². The van der Waals surface area contributed by atoms with Crippen LogP contribution in [0.4, 0.5) is 0 Å². The topological polar surface area (TPSA) is 83.8 Å². The number of phenols is 1. The Kier molecular flexibility index (Phi) is 8.13. The van der Waals surface area contributed by atoms with Crippen LogP contribution in [0.2, 0.25) is 0 Å². The number of aromatic hydroxyl groups is 1. The zero-order valence-electron chi connectivity index (χ0n) is 15.7. The second-order valence-electron chi connectivity index (χ2n) is 6.69. The van der Waals surface area contributed by atoms with Crippen LogP contribution in [0.5, 0.6) is 17.2 Å². The predicted octanol–water partition coefficient (Wildman–Crippen LogP) is 5.72. The Morgan fingerprint density at radius 1 is 0.926 bits per heavy atom. The van der Waals surface area contributed by atoms with Gasteiger partial charge in [0.2, 0.25) is 0 Å². The first kappa shape index (κ1) is 21.3. The van der Waals surface area contributed by atoms with Gasteiger partial charge in [-0.1, -0.05) is 63.6 Å². The number of aryl methyl sites for hydroxylation is 1. The molecule has 0 fully saturated rings. The first-order valence-corrected chi connectivity index (χ1v) is 10.9. The average Bonchev–Trinajstić information content (AvgIpc) is 2.60. The third-order valence-electron chi connectivity index (χ3n) is 4.40. The van der Waals surface area contributed by atoms with Crippen LogP contribution < -0.4 is 4.74 Å². The van der Waals surface area contributed by atoms with Gasteiger partial charge < -0.3 is 9.84 Å². The van der Waals surface area contributed by atoms with Crippen LogP contribution >= 0.6 is 0 Å². The van der Waals surface area contributed by atoms with Crippen LogP contribution in [0.25, 0.3) is 0 Å². The number of para-hydroxylation sites is 1. The van der Waals surface area contributed by atoms with Crippen LogP contribution in [-0.2, 0) is 16.5 Å². The van der Waals surface area contributed by atoms with E-state index in [1.54, 1.807) is 24.3 Å². The lowest BCUT2D eigenvalue weighted by molar-refractivity contribution is 0.434. The molecule has 0 aliphatic heterocycles. The smallest absolute Gasteiger partial charge is 0.298 e. The maximum absolute atomic E-state index is 12.0. The fourth-order valence-electron chi connectivity index (χ4n) is 3.09. The second kappa shape index (κ2) is 10.3. The monoisotopic (exact) mass is 392 g/mol. The molecule has 0 atom stereocenters. The molecular weight excluding hydrogens is 364 g/mol. The first-order chi connectivity index (χ1) is 12.9. The van der Waals surface area contributed by atoms with E-state index in [0.29, 0.717) is 17.7 Å². The molecule has 2 rings (SSSR count). The summed E-state index contributed by atoms with van der Waals surface area (Å²) < 4.78 is 39.3. The Morgan fingerprint density at radius 3 is 2.19 bits per heavy atom. The van der Waals surface area contributed by atoms with E-state index in [9.17, 15) is 18.1 Å². The molecule has 0 saturated carbocycles.